The smallest absolute Gasteiger partial charge is 0.122 e. The number of methoxy groups -OCH3 is 2. The SMILES string of the molecule is COc1cc(OC)cc([C@H]2CCCCN2Cc2ccccc2)c1. The number of benzene rings is 2. The topological polar surface area (TPSA) is 21.7 Å². The van der Waals surface area contributed by atoms with E-state index in [4.69, 9.17) is 9.47 Å². The normalized spacial score (nSPS) is 18.6. The first kappa shape index (κ1) is 15.9. The van der Waals surface area contributed by atoms with E-state index in [0.717, 1.165) is 24.6 Å². The summed E-state index contributed by atoms with van der Waals surface area (Å²) in [5, 5.41) is 0. The molecule has 1 fully saturated rings. The van der Waals surface area contributed by atoms with Crippen molar-refractivity contribution in [3.05, 3.63) is 59.7 Å². The third-order valence-corrected chi connectivity index (χ3v) is 4.60. The molecule has 2 aromatic carbocycles. The summed E-state index contributed by atoms with van der Waals surface area (Å²) in [6, 6.07) is 17.4. The Labute approximate surface area is 138 Å². The molecule has 3 rings (SSSR count). The van der Waals surface area contributed by atoms with Crippen LogP contribution < -0.4 is 9.47 Å². The standard InChI is InChI=1S/C20H25NO2/c1-22-18-12-17(13-19(14-18)23-2)20-10-6-7-11-21(20)15-16-8-4-3-5-9-16/h3-5,8-9,12-14,20H,6-7,10-11,15H2,1-2H3/t20-/m1/s1. The molecule has 0 aromatic heterocycles. The lowest BCUT2D eigenvalue weighted by Gasteiger charge is -2.36. The summed E-state index contributed by atoms with van der Waals surface area (Å²) in [7, 11) is 3.42. The van der Waals surface area contributed by atoms with Crippen molar-refractivity contribution in [2.24, 2.45) is 0 Å². The van der Waals surface area contributed by atoms with Gasteiger partial charge in [0.15, 0.2) is 0 Å². The molecule has 0 spiro atoms. The molecular weight excluding hydrogens is 286 g/mol. The van der Waals surface area contributed by atoms with Crippen molar-refractivity contribution >= 4 is 0 Å². The maximum Gasteiger partial charge on any atom is 0.122 e. The Morgan fingerprint density at radius 3 is 2.30 bits per heavy atom. The van der Waals surface area contributed by atoms with Gasteiger partial charge in [-0.15, -0.1) is 0 Å². The number of rotatable bonds is 5. The monoisotopic (exact) mass is 311 g/mol. The summed E-state index contributed by atoms with van der Waals surface area (Å²) in [5.41, 5.74) is 2.66. The molecular formula is C20H25NO2. The van der Waals surface area contributed by atoms with Crippen LogP contribution in [0.25, 0.3) is 0 Å². The molecule has 1 atom stereocenters. The summed E-state index contributed by atoms with van der Waals surface area (Å²) in [5.74, 6) is 1.73. The highest BCUT2D eigenvalue weighted by Crippen LogP contribution is 2.35. The summed E-state index contributed by atoms with van der Waals surface area (Å²) in [6.45, 7) is 2.13. The minimum absolute atomic E-state index is 0.424. The van der Waals surface area contributed by atoms with Gasteiger partial charge in [-0.1, -0.05) is 36.8 Å². The van der Waals surface area contributed by atoms with Crippen LogP contribution >= 0.6 is 0 Å². The van der Waals surface area contributed by atoms with Gasteiger partial charge in [0.1, 0.15) is 11.5 Å². The van der Waals surface area contributed by atoms with Crippen molar-refractivity contribution in [3.8, 4) is 11.5 Å². The van der Waals surface area contributed by atoms with Gasteiger partial charge >= 0.3 is 0 Å². The lowest BCUT2D eigenvalue weighted by atomic mass is 9.94. The molecule has 0 N–H and O–H groups in total. The molecule has 122 valence electrons. The van der Waals surface area contributed by atoms with E-state index in [-0.39, 0.29) is 0 Å². The van der Waals surface area contributed by atoms with Gasteiger partial charge in [-0.05, 0) is 42.6 Å². The van der Waals surface area contributed by atoms with Crippen LogP contribution in [0.5, 0.6) is 11.5 Å². The number of nitrogens with zero attached hydrogens (tertiary/aromatic N) is 1. The van der Waals surface area contributed by atoms with Crippen molar-refractivity contribution in [2.45, 2.75) is 31.8 Å². The van der Waals surface area contributed by atoms with Crippen molar-refractivity contribution in [3.63, 3.8) is 0 Å². The average molecular weight is 311 g/mol. The minimum atomic E-state index is 0.424. The van der Waals surface area contributed by atoms with E-state index in [9.17, 15) is 0 Å². The van der Waals surface area contributed by atoms with Gasteiger partial charge < -0.3 is 9.47 Å². The van der Waals surface area contributed by atoms with E-state index in [2.05, 4.69) is 47.4 Å². The quantitative estimate of drug-likeness (QED) is 0.815. The summed E-state index contributed by atoms with van der Waals surface area (Å²) < 4.78 is 10.9. The first-order chi connectivity index (χ1) is 11.3. The number of hydrogen-bond acceptors (Lipinski definition) is 3. The van der Waals surface area contributed by atoms with Crippen molar-refractivity contribution in [1.29, 1.82) is 0 Å². The molecule has 1 heterocycles. The zero-order chi connectivity index (χ0) is 16.1. The largest absolute Gasteiger partial charge is 0.497 e. The van der Waals surface area contributed by atoms with Crippen LogP contribution in [-0.2, 0) is 6.54 Å². The predicted molar refractivity (Wildman–Crippen MR) is 93.0 cm³/mol. The van der Waals surface area contributed by atoms with E-state index < -0.39 is 0 Å². The van der Waals surface area contributed by atoms with E-state index >= 15 is 0 Å². The highest BCUT2D eigenvalue weighted by molar-refractivity contribution is 5.40. The van der Waals surface area contributed by atoms with E-state index in [1.54, 1.807) is 14.2 Å². The minimum Gasteiger partial charge on any atom is -0.497 e. The fraction of sp³-hybridized carbons (Fsp3) is 0.400. The van der Waals surface area contributed by atoms with Gasteiger partial charge in [0.05, 0.1) is 14.2 Å². The molecule has 0 saturated carbocycles. The number of hydrogen-bond donors (Lipinski definition) is 0. The molecule has 1 saturated heterocycles. The first-order valence-electron chi connectivity index (χ1n) is 8.31. The van der Waals surface area contributed by atoms with Gasteiger partial charge in [-0.3, -0.25) is 4.90 Å². The van der Waals surface area contributed by atoms with Crippen molar-refractivity contribution < 1.29 is 9.47 Å². The Balaban J connectivity index is 1.86. The molecule has 0 radical (unpaired) electrons. The maximum atomic E-state index is 5.44. The van der Waals surface area contributed by atoms with Gasteiger partial charge in [0.25, 0.3) is 0 Å². The fourth-order valence-electron chi connectivity index (χ4n) is 3.40. The van der Waals surface area contributed by atoms with Gasteiger partial charge in [0, 0.05) is 18.7 Å². The first-order valence-corrected chi connectivity index (χ1v) is 8.31. The Kier molecular flexibility index (Phi) is 5.19. The third kappa shape index (κ3) is 3.85. The van der Waals surface area contributed by atoms with Gasteiger partial charge in [-0.25, -0.2) is 0 Å². The summed E-state index contributed by atoms with van der Waals surface area (Å²) in [4.78, 5) is 2.58. The molecule has 23 heavy (non-hydrogen) atoms. The van der Waals surface area contributed by atoms with E-state index in [1.165, 1.54) is 30.4 Å². The van der Waals surface area contributed by atoms with Crippen LogP contribution in [0.1, 0.15) is 36.4 Å². The van der Waals surface area contributed by atoms with Crippen LogP contribution in [0, 0.1) is 0 Å². The average Bonchev–Trinajstić information content (AvgIpc) is 2.62. The summed E-state index contributed by atoms with van der Waals surface area (Å²) in [6.07, 6.45) is 3.73. The molecule has 3 nitrogen and oxygen atoms in total. The molecule has 1 aliphatic rings. The van der Waals surface area contributed by atoms with E-state index in [0.29, 0.717) is 6.04 Å². The zero-order valence-electron chi connectivity index (χ0n) is 14.0. The Hall–Kier alpha value is -2.00. The second kappa shape index (κ2) is 7.51. The van der Waals surface area contributed by atoms with Crippen molar-refractivity contribution in [2.75, 3.05) is 20.8 Å². The number of ether oxygens (including phenoxy) is 2. The van der Waals surface area contributed by atoms with Crippen molar-refractivity contribution in [1.82, 2.24) is 4.90 Å². The van der Waals surface area contributed by atoms with Crippen LogP contribution in [-0.4, -0.2) is 25.7 Å². The summed E-state index contributed by atoms with van der Waals surface area (Å²) >= 11 is 0. The molecule has 0 amide bonds. The third-order valence-electron chi connectivity index (χ3n) is 4.60. The van der Waals surface area contributed by atoms with Crippen LogP contribution in [0.3, 0.4) is 0 Å². The van der Waals surface area contributed by atoms with E-state index in [1.807, 2.05) is 6.07 Å². The number of piperidine rings is 1. The fourth-order valence-corrected chi connectivity index (χ4v) is 3.40. The lowest BCUT2D eigenvalue weighted by Crippen LogP contribution is -2.32. The van der Waals surface area contributed by atoms with Gasteiger partial charge in [-0.2, -0.15) is 0 Å². The molecule has 1 aliphatic heterocycles. The number of likely N-dealkylation sites (tertiary alicyclic amines) is 1. The highest BCUT2D eigenvalue weighted by Gasteiger charge is 2.25. The zero-order valence-corrected chi connectivity index (χ0v) is 14.0. The van der Waals surface area contributed by atoms with Gasteiger partial charge in [0.2, 0.25) is 0 Å². The second-order valence-electron chi connectivity index (χ2n) is 6.11. The maximum absolute atomic E-state index is 5.44. The Morgan fingerprint density at radius 1 is 0.957 bits per heavy atom. The van der Waals surface area contributed by atoms with Crippen LogP contribution in [0.4, 0.5) is 0 Å². The lowest BCUT2D eigenvalue weighted by molar-refractivity contribution is 0.140. The molecule has 0 unspecified atom stereocenters. The molecule has 0 aliphatic carbocycles. The highest BCUT2D eigenvalue weighted by atomic mass is 16.5. The predicted octanol–water partition coefficient (Wildman–Crippen LogP) is 4.43. The van der Waals surface area contributed by atoms with Crippen LogP contribution in [0.2, 0.25) is 0 Å². The molecule has 2 aromatic rings. The molecule has 3 heteroatoms. The van der Waals surface area contributed by atoms with Crippen LogP contribution in [0.15, 0.2) is 48.5 Å². The Morgan fingerprint density at radius 2 is 1.65 bits per heavy atom. The molecule has 0 bridgehead atoms. The Bertz CT molecular complexity index is 605. The second-order valence-corrected chi connectivity index (χ2v) is 6.11.